The molecule has 0 saturated heterocycles. The molecule has 0 saturated carbocycles. The van der Waals surface area contributed by atoms with Gasteiger partial charge in [0, 0.05) is 5.56 Å². The summed E-state index contributed by atoms with van der Waals surface area (Å²) in [6.07, 6.45) is -0.0651. The molecular weight excluding hydrogens is 292 g/mol. The molecule has 1 atom stereocenters. The van der Waals surface area contributed by atoms with Crippen molar-refractivity contribution in [1.82, 2.24) is 0 Å². The number of hydrogen-bond donors (Lipinski definition) is 5. The lowest BCUT2D eigenvalue weighted by Gasteiger charge is -2.29. The maximum absolute atomic E-state index is 11.8. The van der Waals surface area contributed by atoms with E-state index < -0.39 is 29.2 Å². The van der Waals surface area contributed by atoms with Crippen LogP contribution in [0.1, 0.15) is 12.0 Å². The predicted octanol–water partition coefficient (Wildman–Crippen LogP) is 1.95. The number of ketones is 1. The molecule has 1 aromatic rings. The van der Waals surface area contributed by atoms with Crippen LogP contribution in [-0.4, -0.2) is 37.4 Å². The molecule has 1 unspecified atom stereocenters. The summed E-state index contributed by atoms with van der Waals surface area (Å²) < 4.78 is 5.46. The second-order valence-corrected chi connectivity index (χ2v) is 4.94. The molecule has 0 bridgehead atoms. The monoisotopic (exact) mass is 304 g/mol. The number of phenols is 2. The topological polar surface area (TPSA) is 127 Å². The van der Waals surface area contributed by atoms with E-state index in [1.807, 2.05) is 0 Å². The van der Waals surface area contributed by atoms with Crippen LogP contribution in [0, 0.1) is 0 Å². The summed E-state index contributed by atoms with van der Waals surface area (Å²) in [5, 5.41) is 48.4. The number of carbonyl (C=O) groups is 1. The molecule has 1 aromatic carbocycles. The lowest BCUT2D eigenvalue weighted by atomic mass is 9.91. The molecule has 3 rings (SSSR count). The Bertz CT molecular complexity index is 770. The fourth-order valence-corrected chi connectivity index (χ4v) is 2.38. The number of carbonyl (C=O) groups excluding carboxylic acids is 1. The maximum atomic E-state index is 11.8. The van der Waals surface area contributed by atoms with E-state index in [-0.39, 0.29) is 34.8 Å². The zero-order chi connectivity index (χ0) is 16.0. The van der Waals surface area contributed by atoms with Gasteiger partial charge >= 0.3 is 0 Å². The summed E-state index contributed by atoms with van der Waals surface area (Å²) in [7, 11) is 0. The van der Waals surface area contributed by atoms with Gasteiger partial charge in [-0.25, -0.2) is 0 Å². The van der Waals surface area contributed by atoms with Gasteiger partial charge in [0.15, 0.2) is 34.9 Å². The Balaban J connectivity index is 2.13. The lowest BCUT2D eigenvalue weighted by Crippen LogP contribution is -2.30. The highest BCUT2D eigenvalue weighted by Gasteiger charge is 2.37. The molecule has 22 heavy (non-hydrogen) atoms. The van der Waals surface area contributed by atoms with Gasteiger partial charge in [-0.15, -0.1) is 0 Å². The molecule has 1 aliphatic carbocycles. The summed E-state index contributed by atoms with van der Waals surface area (Å²) in [6, 6.07) is 3.67. The number of fused-ring (bicyclic) bond motifs is 1. The first-order valence-electron chi connectivity index (χ1n) is 6.37. The van der Waals surface area contributed by atoms with Crippen molar-refractivity contribution in [1.29, 1.82) is 0 Å². The van der Waals surface area contributed by atoms with E-state index in [4.69, 9.17) is 4.74 Å². The van der Waals surface area contributed by atoms with Gasteiger partial charge in [-0.1, -0.05) is 0 Å². The zero-order valence-electron chi connectivity index (χ0n) is 11.1. The summed E-state index contributed by atoms with van der Waals surface area (Å²) in [5.74, 6) is -3.01. The minimum absolute atomic E-state index is 0.137. The van der Waals surface area contributed by atoms with Crippen LogP contribution in [0.2, 0.25) is 0 Å². The summed E-state index contributed by atoms with van der Waals surface area (Å²) >= 11 is 0. The molecule has 0 amide bonds. The molecule has 114 valence electrons. The number of aromatic hydroxyl groups is 2. The van der Waals surface area contributed by atoms with Crippen molar-refractivity contribution in [3.05, 3.63) is 52.7 Å². The molecule has 1 aliphatic heterocycles. The van der Waals surface area contributed by atoms with E-state index >= 15 is 0 Å². The van der Waals surface area contributed by atoms with E-state index in [1.165, 1.54) is 18.2 Å². The van der Waals surface area contributed by atoms with E-state index in [0.29, 0.717) is 0 Å². The quantitative estimate of drug-likeness (QED) is 0.502. The van der Waals surface area contributed by atoms with Gasteiger partial charge in [0.05, 0.1) is 12.0 Å². The Kier molecular flexibility index (Phi) is 2.98. The first-order chi connectivity index (χ1) is 10.4. The van der Waals surface area contributed by atoms with Crippen LogP contribution in [0.15, 0.2) is 47.1 Å². The average molecular weight is 304 g/mol. The normalized spacial score (nSPS) is 21.4. The highest BCUT2D eigenvalue weighted by atomic mass is 16.5. The number of aliphatic hydroxyl groups is 3. The Morgan fingerprint density at radius 1 is 1.00 bits per heavy atom. The predicted molar refractivity (Wildman–Crippen MR) is 74.2 cm³/mol. The number of allylic oxidation sites excluding steroid dienone is 1. The SMILES string of the molecule is O=C1CC(O)=CC2OC(c3ccc(O)c(O)c3)=C(O)C(O)=C12. The van der Waals surface area contributed by atoms with Gasteiger partial charge in [-0.3, -0.25) is 4.79 Å². The number of Topliss-reactive ketones (excluding diaryl/α,β-unsaturated/α-hetero) is 1. The van der Waals surface area contributed by atoms with Crippen LogP contribution in [0.3, 0.4) is 0 Å². The van der Waals surface area contributed by atoms with Crippen molar-refractivity contribution in [2.24, 2.45) is 0 Å². The van der Waals surface area contributed by atoms with Crippen LogP contribution in [0.5, 0.6) is 11.5 Å². The molecule has 7 heteroatoms. The Labute approximate surface area is 124 Å². The van der Waals surface area contributed by atoms with Gasteiger partial charge in [0.25, 0.3) is 0 Å². The van der Waals surface area contributed by atoms with Crippen LogP contribution in [-0.2, 0) is 9.53 Å². The highest BCUT2D eigenvalue weighted by molar-refractivity contribution is 6.01. The second-order valence-electron chi connectivity index (χ2n) is 4.94. The number of hydrogen-bond acceptors (Lipinski definition) is 7. The van der Waals surface area contributed by atoms with Gasteiger partial charge < -0.3 is 30.3 Å². The first kappa shape index (κ1) is 13.9. The smallest absolute Gasteiger partial charge is 0.201 e. The van der Waals surface area contributed by atoms with Crippen LogP contribution in [0.25, 0.3) is 5.76 Å². The van der Waals surface area contributed by atoms with Gasteiger partial charge in [-0.2, -0.15) is 0 Å². The zero-order valence-corrected chi connectivity index (χ0v) is 11.1. The number of rotatable bonds is 1. The van der Waals surface area contributed by atoms with Crippen LogP contribution in [0.4, 0.5) is 0 Å². The lowest BCUT2D eigenvalue weighted by molar-refractivity contribution is -0.116. The van der Waals surface area contributed by atoms with Gasteiger partial charge in [0.1, 0.15) is 5.76 Å². The van der Waals surface area contributed by atoms with Crippen molar-refractivity contribution < 1.29 is 35.1 Å². The molecule has 0 radical (unpaired) electrons. The second kappa shape index (κ2) is 4.73. The van der Waals surface area contributed by atoms with Crippen molar-refractivity contribution in [3.8, 4) is 11.5 Å². The molecule has 0 fully saturated rings. The minimum atomic E-state index is -1.04. The molecule has 0 spiro atoms. The molecule has 0 aromatic heterocycles. The number of phenolic OH excluding ortho intramolecular Hbond substituents is 2. The summed E-state index contributed by atoms with van der Waals surface area (Å²) in [5.41, 5.74) is 0.0476. The fraction of sp³-hybridized carbons (Fsp3) is 0.133. The Morgan fingerprint density at radius 2 is 1.73 bits per heavy atom. The van der Waals surface area contributed by atoms with Gasteiger partial charge in [0.2, 0.25) is 5.76 Å². The number of ether oxygens (including phenoxy) is 1. The fourth-order valence-electron chi connectivity index (χ4n) is 2.38. The third-order valence-electron chi connectivity index (χ3n) is 3.45. The highest BCUT2D eigenvalue weighted by Crippen LogP contribution is 2.38. The van der Waals surface area contributed by atoms with Crippen LogP contribution >= 0.6 is 0 Å². The van der Waals surface area contributed by atoms with E-state index in [0.717, 1.165) is 6.07 Å². The van der Waals surface area contributed by atoms with E-state index in [1.54, 1.807) is 0 Å². The molecule has 7 nitrogen and oxygen atoms in total. The number of aliphatic hydroxyl groups excluding tert-OH is 3. The van der Waals surface area contributed by atoms with E-state index in [2.05, 4.69) is 0 Å². The average Bonchev–Trinajstić information content (AvgIpc) is 2.45. The van der Waals surface area contributed by atoms with E-state index in [9.17, 15) is 30.3 Å². The molecule has 2 aliphatic rings. The first-order valence-corrected chi connectivity index (χ1v) is 6.37. The number of benzene rings is 1. The standard InChI is InChI=1S/C15H12O7/c16-7-4-10(19)12-11(5-7)22-15(14(21)13(12)20)6-1-2-8(17)9(18)3-6/h1-3,5,11,16-18,20-21H,4H2. The van der Waals surface area contributed by atoms with Crippen LogP contribution < -0.4 is 0 Å². The molecule has 1 heterocycles. The molecular formula is C15H12O7. The summed E-state index contributed by atoms with van der Waals surface area (Å²) in [6.45, 7) is 0. The maximum Gasteiger partial charge on any atom is 0.201 e. The Morgan fingerprint density at radius 3 is 2.41 bits per heavy atom. The van der Waals surface area contributed by atoms with Crippen molar-refractivity contribution >= 4 is 11.5 Å². The summed E-state index contributed by atoms with van der Waals surface area (Å²) in [4.78, 5) is 11.8. The largest absolute Gasteiger partial charge is 0.512 e. The van der Waals surface area contributed by atoms with Crippen molar-refractivity contribution in [3.63, 3.8) is 0 Å². The molecule has 5 N–H and O–H groups in total. The van der Waals surface area contributed by atoms with Crippen molar-refractivity contribution in [2.75, 3.05) is 0 Å². The Hall–Kier alpha value is -3.09. The van der Waals surface area contributed by atoms with Crippen molar-refractivity contribution in [2.45, 2.75) is 12.5 Å². The van der Waals surface area contributed by atoms with Gasteiger partial charge in [-0.05, 0) is 24.3 Å². The third kappa shape index (κ3) is 2.03. The third-order valence-corrected chi connectivity index (χ3v) is 3.45. The minimum Gasteiger partial charge on any atom is -0.512 e.